The third-order valence-corrected chi connectivity index (χ3v) is 7.91. The summed E-state index contributed by atoms with van der Waals surface area (Å²) in [7, 11) is -2.65. The molecule has 0 fully saturated rings. The van der Waals surface area contributed by atoms with Crippen LogP contribution in [0.2, 0.25) is 15.1 Å². The molecule has 1 unspecified atom stereocenters. The molecule has 0 heterocycles. The smallest absolute Gasteiger partial charge is 0.340 e. The molecule has 0 spiro atoms. The second kappa shape index (κ2) is 12.5. The van der Waals surface area contributed by atoms with Gasteiger partial charge in [0.05, 0.1) is 45.5 Å². The van der Waals surface area contributed by atoms with Gasteiger partial charge in [-0.05, 0) is 67.6 Å². The molecule has 0 saturated carbocycles. The van der Waals surface area contributed by atoms with Crippen LogP contribution in [0, 0.1) is 0 Å². The molecule has 0 saturated heterocycles. The molecular weight excluding hydrogens is 575 g/mol. The number of benzene rings is 3. The van der Waals surface area contributed by atoms with Crippen LogP contribution in [0.1, 0.15) is 17.3 Å². The summed E-state index contributed by atoms with van der Waals surface area (Å²) in [5.74, 6) is -1.10. The standard InChI is InChI=1S/C26H23Cl3N2O6S/c1-4-13-31(18-6-8-19(36-3)9-7-18)38(34,35)20-10-11-22(28)21(15-20)26(33)37-16(2)25(32)30-24-12-5-17(27)14-23(24)29/h4-12,14-16H,1,13H2,2-3H3,(H,30,32). The largest absolute Gasteiger partial charge is 0.497 e. The number of carbonyl (C=O) groups excluding carboxylic acids is 2. The second-order valence-corrected chi connectivity index (χ2v) is 10.9. The lowest BCUT2D eigenvalue weighted by Gasteiger charge is -2.24. The average Bonchev–Trinajstić information content (AvgIpc) is 2.88. The number of rotatable bonds is 10. The first-order valence-corrected chi connectivity index (χ1v) is 13.6. The van der Waals surface area contributed by atoms with Crippen LogP contribution in [0.15, 0.2) is 78.2 Å². The molecule has 0 aliphatic heterocycles. The Labute approximate surface area is 235 Å². The van der Waals surface area contributed by atoms with Crippen molar-refractivity contribution in [3.8, 4) is 5.75 Å². The number of anilines is 2. The van der Waals surface area contributed by atoms with Crippen molar-refractivity contribution >= 4 is 68.1 Å². The molecule has 8 nitrogen and oxygen atoms in total. The first-order valence-electron chi connectivity index (χ1n) is 11.0. The van der Waals surface area contributed by atoms with Crippen molar-refractivity contribution < 1.29 is 27.5 Å². The number of halogens is 3. The molecule has 1 amide bonds. The minimum absolute atomic E-state index is 0.0401. The van der Waals surface area contributed by atoms with Crippen molar-refractivity contribution in [2.45, 2.75) is 17.9 Å². The Morgan fingerprint density at radius 1 is 1.03 bits per heavy atom. The van der Waals surface area contributed by atoms with Crippen LogP contribution in [0.25, 0.3) is 0 Å². The van der Waals surface area contributed by atoms with Gasteiger partial charge in [-0.15, -0.1) is 6.58 Å². The van der Waals surface area contributed by atoms with Gasteiger partial charge in [-0.2, -0.15) is 0 Å². The third kappa shape index (κ3) is 6.79. The van der Waals surface area contributed by atoms with Crippen molar-refractivity contribution in [2.75, 3.05) is 23.3 Å². The fourth-order valence-corrected chi connectivity index (χ4v) is 5.37. The van der Waals surface area contributed by atoms with E-state index in [9.17, 15) is 18.0 Å². The minimum Gasteiger partial charge on any atom is -0.497 e. The van der Waals surface area contributed by atoms with Gasteiger partial charge >= 0.3 is 5.97 Å². The molecule has 3 aromatic carbocycles. The summed E-state index contributed by atoms with van der Waals surface area (Å²) in [5.41, 5.74) is 0.400. The van der Waals surface area contributed by atoms with Gasteiger partial charge in [0, 0.05) is 5.02 Å². The van der Waals surface area contributed by atoms with Gasteiger partial charge in [0.25, 0.3) is 15.9 Å². The number of methoxy groups -OCH3 is 1. The van der Waals surface area contributed by atoms with Crippen LogP contribution < -0.4 is 14.4 Å². The van der Waals surface area contributed by atoms with Gasteiger partial charge < -0.3 is 14.8 Å². The number of nitrogens with one attached hydrogen (secondary N) is 1. The highest BCUT2D eigenvalue weighted by Gasteiger charge is 2.28. The van der Waals surface area contributed by atoms with E-state index in [4.69, 9.17) is 44.3 Å². The SMILES string of the molecule is C=CCN(c1ccc(OC)cc1)S(=O)(=O)c1ccc(Cl)c(C(=O)OC(C)C(=O)Nc2ccc(Cl)cc2Cl)c1. The van der Waals surface area contributed by atoms with E-state index < -0.39 is 28.0 Å². The van der Waals surface area contributed by atoms with Gasteiger partial charge in [-0.3, -0.25) is 9.10 Å². The Morgan fingerprint density at radius 2 is 1.71 bits per heavy atom. The van der Waals surface area contributed by atoms with Gasteiger partial charge in [-0.1, -0.05) is 40.9 Å². The maximum atomic E-state index is 13.5. The number of carbonyl (C=O) groups is 2. The molecule has 12 heteroatoms. The molecule has 0 bridgehead atoms. The molecule has 0 radical (unpaired) electrons. The van der Waals surface area contributed by atoms with E-state index in [1.165, 1.54) is 50.4 Å². The quantitative estimate of drug-likeness (QED) is 0.220. The van der Waals surface area contributed by atoms with E-state index in [0.717, 1.165) is 10.4 Å². The summed E-state index contributed by atoms with van der Waals surface area (Å²) in [4.78, 5) is 25.2. The van der Waals surface area contributed by atoms with Gasteiger partial charge in [0.2, 0.25) is 0 Å². The molecule has 0 aliphatic rings. The van der Waals surface area contributed by atoms with Crippen LogP contribution in [-0.2, 0) is 19.6 Å². The fraction of sp³-hybridized carbons (Fsp3) is 0.154. The normalized spacial score (nSPS) is 11.8. The number of amides is 1. The van der Waals surface area contributed by atoms with E-state index in [2.05, 4.69) is 11.9 Å². The summed E-state index contributed by atoms with van der Waals surface area (Å²) in [5, 5.41) is 3.07. The molecule has 38 heavy (non-hydrogen) atoms. The second-order valence-electron chi connectivity index (χ2n) is 7.83. The Morgan fingerprint density at radius 3 is 2.32 bits per heavy atom. The molecular formula is C26H23Cl3N2O6S. The van der Waals surface area contributed by atoms with Crippen molar-refractivity contribution in [3.63, 3.8) is 0 Å². The Kier molecular flexibility index (Phi) is 9.67. The van der Waals surface area contributed by atoms with E-state index in [1.807, 2.05) is 0 Å². The van der Waals surface area contributed by atoms with Gasteiger partial charge in [0.1, 0.15) is 5.75 Å². The van der Waals surface area contributed by atoms with Crippen LogP contribution in [0.4, 0.5) is 11.4 Å². The molecule has 3 aromatic rings. The molecule has 1 N–H and O–H groups in total. The third-order valence-electron chi connectivity index (χ3n) is 5.24. The molecule has 0 aromatic heterocycles. The lowest BCUT2D eigenvalue weighted by atomic mass is 10.2. The first kappa shape index (κ1) is 29.3. The highest BCUT2D eigenvalue weighted by molar-refractivity contribution is 7.92. The number of nitrogens with zero attached hydrogens (tertiary/aromatic N) is 1. The summed E-state index contributed by atoms with van der Waals surface area (Å²) >= 11 is 18.1. The predicted octanol–water partition coefficient (Wildman–Crippen LogP) is 6.22. The lowest BCUT2D eigenvalue weighted by Crippen LogP contribution is -2.32. The van der Waals surface area contributed by atoms with E-state index in [0.29, 0.717) is 16.5 Å². The van der Waals surface area contributed by atoms with Gasteiger partial charge in [0.15, 0.2) is 6.10 Å². The summed E-state index contributed by atoms with van der Waals surface area (Å²) in [6.45, 7) is 4.94. The van der Waals surface area contributed by atoms with Crippen LogP contribution in [0.3, 0.4) is 0 Å². The maximum Gasteiger partial charge on any atom is 0.340 e. The van der Waals surface area contributed by atoms with E-state index in [-0.39, 0.29) is 32.7 Å². The summed E-state index contributed by atoms with van der Waals surface area (Å²) in [6, 6.07) is 14.5. The maximum absolute atomic E-state index is 13.5. The molecule has 1 atom stereocenters. The van der Waals surface area contributed by atoms with E-state index in [1.54, 1.807) is 24.3 Å². The van der Waals surface area contributed by atoms with Crippen molar-refractivity contribution in [3.05, 3.63) is 93.9 Å². The zero-order chi connectivity index (χ0) is 28.0. The molecule has 3 rings (SSSR count). The van der Waals surface area contributed by atoms with Crippen LogP contribution in [-0.4, -0.2) is 40.1 Å². The average molecular weight is 598 g/mol. The number of ether oxygens (including phenoxy) is 2. The Bertz CT molecular complexity index is 1460. The monoisotopic (exact) mass is 596 g/mol. The van der Waals surface area contributed by atoms with Gasteiger partial charge in [-0.25, -0.2) is 13.2 Å². The number of hydrogen-bond acceptors (Lipinski definition) is 6. The minimum atomic E-state index is -4.15. The first-order chi connectivity index (χ1) is 18.0. The zero-order valence-electron chi connectivity index (χ0n) is 20.3. The lowest BCUT2D eigenvalue weighted by molar-refractivity contribution is -0.123. The number of esters is 1. The highest BCUT2D eigenvalue weighted by Crippen LogP contribution is 2.29. The van der Waals surface area contributed by atoms with Crippen LogP contribution >= 0.6 is 34.8 Å². The van der Waals surface area contributed by atoms with Crippen molar-refractivity contribution in [2.24, 2.45) is 0 Å². The highest BCUT2D eigenvalue weighted by atomic mass is 35.5. The van der Waals surface area contributed by atoms with Crippen molar-refractivity contribution in [1.82, 2.24) is 0 Å². The molecule has 200 valence electrons. The summed E-state index contributed by atoms with van der Waals surface area (Å²) in [6.07, 6.45) is 0.169. The fourth-order valence-electron chi connectivity index (χ4n) is 3.26. The number of sulfonamides is 1. The number of hydrogen-bond donors (Lipinski definition) is 1. The Hall–Kier alpha value is -3.24. The van der Waals surface area contributed by atoms with Crippen LogP contribution in [0.5, 0.6) is 5.75 Å². The van der Waals surface area contributed by atoms with E-state index >= 15 is 0 Å². The van der Waals surface area contributed by atoms with Crippen molar-refractivity contribution in [1.29, 1.82) is 0 Å². The predicted molar refractivity (Wildman–Crippen MR) is 149 cm³/mol. The summed E-state index contributed by atoms with van der Waals surface area (Å²) < 4.78 is 38.5. The topological polar surface area (TPSA) is 102 Å². The Balaban J connectivity index is 1.84. The molecule has 0 aliphatic carbocycles. The zero-order valence-corrected chi connectivity index (χ0v) is 23.4.